The van der Waals surface area contributed by atoms with Crippen LogP contribution in [0.3, 0.4) is 0 Å². The third kappa shape index (κ3) is 2.01. The minimum Gasteiger partial charge on any atom is -0.320 e. The van der Waals surface area contributed by atoms with E-state index in [0.29, 0.717) is 18.8 Å². The Morgan fingerprint density at radius 1 is 1.27 bits per heavy atom. The van der Waals surface area contributed by atoms with Crippen LogP contribution in [0.2, 0.25) is 0 Å². The molecule has 3 aromatic heterocycles. The Morgan fingerprint density at radius 2 is 2.14 bits per heavy atom. The van der Waals surface area contributed by atoms with Gasteiger partial charge < -0.3 is 4.57 Å². The Hall–Kier alpha value is -2.27. The Balaban J connectivity index is 1.99. The molecule has 0 amide bonds. The molecule has 0 aliphatic carbocycles. The molecule has 22 heavy (non-hydrogen) atoms. The average Bonchev–Trinajstić information content (AvgIpc) is 3.15. The van der Waals surface area contributed by atoms with Gasteiger partial charge in [-0.05, 0) is 43.0 Å². The van der Waals surface area contributed by atoms with E-state index in [1.807, 2.05) is 19.2 Å². The number of nitrogens with zero attached hydrogens (tertiary/aromatic N) is 3. The van der Waals surface area contributed by atoms with Crippen LogP contribution in [0.15, 0.2) is 29.8 Å². The van der Waals surface area contributed by atoms with Crippen LogP contribution in [-0.4, -0.2) is 20.3 Å². The van der Waals surface area contributed by atoms with Crippen molar-refractivity contribution in [2.24, 2.45) is 0 Å². The van der Waals surface area contributed by atoms with Gasteiger partial charge in [0.05, 0.1) is 10.6 Å². The molecule has 0 spiro atoms. The number of aromatic nitrogens is 3. The Morgan fingerprint density at radius 3 is 2.86 bits per heavy atom. The van der Waals surface area contributed by atoms with Crippen LogP contribution in [0.1, 0.15) is 28.3 Å². The quantitative estimate of drug-likeness (QED) is 0.722. The zero-order valence-electron chi connectivity index (χ0n) is 12.5. The molecule has 3 aromatic rings. The molecule has 5 heteroatoms. The van der Waals surface area contributed by atoms with Gasteiger partial charge in [0.1, 0.15) is 5.69 Å². The second kappa shape index (κ2) is 4.88. The highest BCUT2D eigenvalue weighted by molar-refractivity contribution is 7.13. The van der Waals surface area contributed by atoms with Crippen molar-refractivity contribution in [2.75, 3.05) is 0 Å². The average molecular weight is 309 g/mol. The molecule has 0 radical (unpaired) electrons. The van der Waals surface area contributed by atoms with E-state index in [1.165, 1.54) is 5.56 Å². The van der Waals surface area contributed by atoms with Crippen LogP contribution < -0.4 is 0 Å². The normalized spacial score (nSPS) is 13.6. The van der Waals surface area contributed by atoms with Gasteiger partial charge in [0.25, 0.3) is 0 Å². The fourth-order valence-electron chi connectivity index (χ4n) is 2.92. The number of rotatable bonds is 2. The Labute approximate surface area is 132 Å². The molecule has 0 aromatic carbocycles. The van der Waals surface area contributed by atoms with Crippen molar-refractivity contribution >= 4 is 17.1 Å². The molecule has 1 aliphatic rings. The molecule has 0 atom stereocenters. The van der Waals surface area contributed by atoms with Gasteiger partial charge in [0, 0.05) is 30.4 Å². The van der Waals surface area contributed by atoms with Crippen LogP contribution in [0.4, 0.5) is 0 Å². The first-order valence-electron chi connectivity index (χ1n) is 7.26. The molecule has 4 nitrogen and oxygen atoms in total. The first-order valence-corrected chi connectivity index (χ1v) is 8.14. The van der Waals surface area contributed by atoms with E-state index in [1.54, 1.807) is 11.3 Å². The lowest BCUT2D eigenvalue weighted by atomic mass is 10.1. The number of hydrogen-bond acceptors (Lipinski definition) is 4. The first kappa shape index (κ1) is 13.4. The topological polar surface area (TPSA) is 47.8 Å². The number of carbonyl (C=O) groups is 1. The summed E-state index contributed by atoms with van der Waals surface area (Å²) in [7, 11) is 0. The fraction of sp³-hybridized carbons (Fsp3) is 0.235. The van der Waals surface area contributed by atoms with Crippen molar-refractivity contribution in [1.82, 2.24) is 14.5 Å². The third-order valence-corrected chi connectivity index (χ3v) is 4.97. The van der Waals surface area contributed by atoms with Gasteiger partial charge >= 0.3 is 0 Å². The van der Waals surface area contributed by atoms with E-state index in [0.717, 1.165) is 27.5 Å². The highest BCUT2D eigenvalue weighted by Gasteiger charge is 2.29. The molecule has 0 saturated heterocycles. The summed E-state index contributed by atoms with van der Waals surface area (Å²) in [5.74, 6) is 0.720. The number of pyridine rings is 1. The monoisotopic (exact) mass is 309 g/mol. The number of imidazole rings is 1. The minimum atomic E-state index is 0.131. The summed E-state index contributed by atoms with van der Waals surface area (Å²) in [6, 6.07) is 6.17. The number of thiophene rings is 1. The Bertz CT molecular complexity index is 891. The Kier molecular flexibility index (Phi) is 2.97. The summed E-state index contributed by atoms with van der Waals surface area (Å²) in [4.78, 5) is 22.1. The second-order valence-electron chi connectivity index (χ2n) is 5.63. The molecule has 4 rings (SSSR count). The van der Waals surface area contributed by atoms with Gasteiger partial charge in [-0.25, -0.2) is 4.98 Å². The highest BCUT2D eigenvalue weighted by atomic mass is 32.1. The summed E-state index contributed by atoms with van der Waals surface area (Å²) in [5, 5.41) is 2.11. The van der Waals surface area contributed by atoms with Gasteiger partial charge in [-0.3, -0.25) is 9.78 Å². The minimum absolute atomic E-state index is 0.131. The number of hydrogen-bond donors (Lipinski definition) is 0. The molecule has 0 N–H and O–H groups in total. The second-order valence-corrected chi connectivity index (χ2v) is 6.54. The van der Waals surface area contributed by atoms with Crippen LogP contribution in [0.5, 0.6) is 0 Å². The predicted octanol–water partition coefficient (Wildman–Crippen LogP) is 3.88. The summed E-state index contributed by atoms with van der Waals surface area (Å²) in [5.41, 5.74) is 5.20. The summed E-state index contributed by atoms with van der Waals surface area (Å²) in [6.45, 7) is 4.76. The standard InChI is InChI=1S/C17H15N3OS/c1-10-7-14(22-9-10)15-16(12-3-5-18-11(2)8-12)20-6-4-13(21)17(20)19-15/h3,5,7-9H,4,6H2,1-2H3. The van der Waals surface area contributed by atoms with Crippen LogP contribution >= 0.6 is 11.3 Å². The van der Waals surface area contributed by atoms with E-state index >= 15 is 0 Å². The van der Waals surface area contributed by atoms with Crippen molar-refractivity contribution < 1.29 is 4.79 Å². The highest BCUT2D eigenvalue weighted by Crippen LogP contribution is 2.38. The van der Waals surface area contributed by atoms with Gasteiger partial charge in [0.15, 0.2) is 11.6 Å². The SMILES string of the molecule is Cc1csc(-c2nc3n(c2-c2ccnc(C)c2)CCC3=O)c1. The molecular weight excluding hydrogens is 294 g/mol. The summed E-state index contributed by atoms with van der Waals surface area (Å²) < 4.78 is 2.06. The van der Waals surface area contributed by atoms with Crippen LogP contribution in [0, 0.1) is 13.8 Å². The van der Waals surface area contributed by atoms with E-state index in [4.69, 9.17) is 0 Å². The van der Waals surface area contributed by atoms with E-state index in [2.05, 4.69) is 39.0 Å². The molecule has 0 fully saturated rings. The van der Waals surface area contributed by atoms with Crippen molar-refractivity contribution in [3.63, 3.8) is 0 Å². The van der Waals surface area contributed by atoms with Crippen molar-refractivity contribution in [1.29, 1.82) is 0 Å². The lowest BCUT2D eigenvalue weighted by molar-refractivity contribution is 0.0990. The zero-order valence-corrected chi connectivity index (χ0v) is 13.3. The largest absolute Gasteiger partial charge is 0.320 e. The zero-order chi connectivity index (χ0) is 15.3. The molecule has 4 heterocycles. The van der Waals surface area contributed by atoms with Crippen molar-refractivity contribution in [3.8, 4) is 21.8 Å². The molecule has 110 valence electrons. The number of carbonyl (C=O) groups excluding carboxylic acids is 1. The first-order chi connectivity index (χ1) is 10.6. The van der Waals surface area contributed by atoms with E-state index < -0.39 is 0 Å². The van der Waals surface area contributed by atoms with E-state index in [9.17, 15) is 4.79 Å². The predicted molar refractivity (Wildman–Crippen MR) is 87.2 cm³/mol. The maximum Gasteiger partial charge on any atom is 0.200 e. The smallest absolute Gasteiger partial charge is 0.200 e. The lowest BCUT2D eigenvalue weighted by Gasteiger charge is -2.07. The third-order valence-electron chi connectivity index (χ3n) is 3.91. The molecule has 0 unspecified atom stereocenters. The van der Waals surface area contributed by atoms with Gasteiger partial charge in [-0.2, -0.15) is 0 Å². The fourth-order valence-corrected chi connectivity index (χ4v) is 3.81. The molecule has 0 bridgehead atoms. The maximum atomic E-state index is 12.1. The van der Waals surface area contributed by atoms with Crippen molar-refractivity contribution in [3.05, 3.63) is 46.9 Å². The number of Topliss-reactive ketones (excluding diaryl/α,β-unsaturated/α-hetero) is 1. The molecule has 1 aliphatic heterocycles. The lowest BCUT2D eigenvalue weighted by Crippen LogP contribution is -1.97. The van der Waals surface area contributed by atoms with Gasteiger partial charge in [0.2, 0.25) is 0 Å². The van der Waals surface area contributed by atoms with E-state index in [-0.39, 0.29) is 5.78 Å². The van der Waals surface area contributed by atoms with Crippen LogP contribution in [0.25, 0.3) is 21.8 Å². The summed E-state index contributed by atoms with van der Waals surface area (Å²) >= 11 is 1.67. The maximum absolute atomic E-state index is 12.1. The van der Waals surface area contributed by atoms with Gasteiger partial charge in [-0.15, -0.1) is 11.3 Å². The number of aryl methyl sites for hydroxylation is 2. The molecule has 0 saturated carbocycles. The van der Waals surface area contributed by atoms with Crippen LogP contribution in [-0.2, 0) is 6.54 Å². The van der Waals surface area contributed by atoms with Crippen molar-refractivity contribution in [2.45, 2.75) is 26.8 Å². The number of fused-ring (bicyclic) bond motifs is 1. The number of ketones is 1. The molecular formula is C17H15N3OS. The summed E-state index contributed by atoms with van der Waals surface area (Å²) in [6.07, 6.45) is 2.36. The van der Waals surface area contributed by atoms with Gasteiger partial charge in [-0.1, -0.05) is 0 Å².